The molecule has 0 aliphatic carbocycles. The number of rotatable bonds is 6. The standard InChI is InChI=1S/C15H27N5O3S.HI/c1-5-16-15(18-10-14-19-11(2)12(3)23-14)17-9-13-7-6-8-20(13)24(4,21)22;/h13H,5-10H2,1-4H3,(H2,16,17,18);1H/t13-;/m1./s1. The van der Waals surface area contributed by atoms with Crippen molar-refractivity contribution in [3.05, 3.63) is 17.3 Å². The third-order valence-corrected chi connectivity index (χ3v) is 5.38. The quantitative estimate of drug-likeness (QED) is 0.359. The molecule has 2 rings (SSSR count). The predicted octanol–water partition coefficient (Wildman–Crippen LogP) is 1.39. The summed E-state index contributed by atoms with van der Waals surface area (Å²) in [4.78, 5) is 8.76. The van der Waals surface area contributed by atoms with E-state index in [0.717, 1.165) is 30.8 Å². The van der Waals surface area contributed by atoms with E-state index < -0.39 is 10.0 Å². The van der Waals surface area contributed by atoms with Crippen molar-refractivity contribution in [1.82, 2.24) is 19.9 Å². The molecule has 0 unspecified atom stereocenters. The lowest BCUT2D eigenvalue weighted by molar-refractivity contribution is 0.387. The Hall–Kier alpha value is -0.880. The molecule has 25 heavy (non-hydrogen) atoms. The summed E-state index contributed by atoms with van der Waals surface area (Å²) in [5.74, 6) is 2.00. The smallest absolute Gasteiger partial charge is 0.216 e. The minimum Gasteiger partial charge on any atom is -0.444 e. The number of aliphatic imine (C=N–C) groups is 1. The lowest BCUT2D eigenvalue weighted by Gasteiger charge is -2.23. The molecule has 1 fully saturated rings. The van der Waals surface area contributed by atoms with Gasteiger partial charge in [-0.15, -0.1) is 24.0 Å². The van der Waals surface area contributed by atoms with Crippen molar-refractivity contribution in [3.63, 3.8) is 0 Å². The summed E-state index contributed by atoms with van der Waals surface area (Å²) in [7, 11) is -3.16. The zero-order valence-electron chi connectivity index (χ0n) is 15.2. The molecule has 10 heteroatoms. The number of sulfonamides is 1. The molecule has 0 saturated carbocycles. The fraction of sp³-hybridized carbons (Fsp3) is 0.733. The van der Waals surface area contributed by atoms with E-state index in [4.69, 9.17) is 4.42 Å². The zero-order chi connectivity index (χ0) is 17.7. The highest BCUT2D eigenvalue weighted by atomic mass is 127. The fourth-order valence-electron chi connectivity index (χ4n) is 2.76. The van der Waals surface area contributed by atoms with Gasteiger partial charge in [-0.2, -0.15) is 4.31 Å². The number of guanidine groups is 1. The van der Waals surface area contributed by atoms with Gasteiger partial charge in [0.25, 0.3) is 0 Å². The Morgan fingerprint density at radius 3 is 2.68 bits per heavy atom. The SMILES string of the molecule is CCNC(=NCc1nc(C)c(C)o1)NC[C@H]1CCCN1S(C)(=O)=O.I. The first kappa shape index (κ1) is 22.2. The lowest BCUT2D eigenvalue weighted by atomic mass is 10.2. The highest BCUT2D eigenvalue weighted by Gasteiger charge is 2.31. The Morgan fingerprint density at radius 2 is 2.12 bits per heavy atom. The van der Waals surface area contributed by atoms with Crippen molar-refractivity contribution in [2.45, 2.75) is 46.2 Å². The summed E-state index contributed by atoms with van der Waals surface area (Å²) in [5.41, 5.74) is 0.868. The molecule has 1 atom stereocenters. The number of halogens is 1. The van der Waals surface area contributed by atoms with Crippen LogP contribution >= 0.6 is 24.0 Å². The number of nitrogens with one attached hydrogen (secondary N) is 2. The fourth-order valence-corrected chi connectivity index (χ4v) is 3.94. The van der Waals surface area contributed by atoms with Gasteiger partial charge >= 0.3 is 0 Å². The van der Waals surface area contributed by atoms with Crippen LogP contribution in [0.1, 0.15) is 37.1 Å². The van der Waals surface area contributed by atoms with E-state index in [-0.39, 0.29) is 30.0 Å². The largest absolute Gasteiger partial charge is 0.444 e. The second-order valence-corrected chi connectivity index (χ2v) is 7.93. The third-order valence-electron chi connectivity index (χ3n) is 4.04. The second-order valence-electron chi connectivity index (χ2n) is 6.00. The minimum absolute atomic E-state index is 0. The van der Waals surface area contributed by atoms with Gasteiger partial charge in [-0.3, -0.25) is 0 Å². The number of nitrogens with zero attached hydrogens (tertiary/aromatic N) is 3. The number of oxazole rings is 1. The Morgan fingerprint density at radius 1 is 1.40 bits per heavy atom. The van der Waals surface area contributed by atoms with Crippen molar-refractivity contribution in [2.24, 2.45) is 4.99 Å². The second kappa shape index (κ2) is 9.72. The first-order valence-electron chi connectivity index (χ1n) is 8.23. The highest BCUT2D eigenvalue weighted by molar-refractivity contribution is 14.0. The Labute approximate surface area is 166 Å². The van der Waals surface area contributed by atoms with Crippen LogP contribution in [0.2, 0.25) is 0 Å². The number of hydrogen-bond donors (Lipinski definition) is 2. The number of aromatic nitrogens is 1. The highest BCUT2D eigenvalue weighted by Crippen LogP contribution is 2.19. The molecule has 0 radical (unpaired) electrons. The Kier molecular flexibility index (Phi) is 8.61. The molecule has 2 heterocycles. The van der Waals surface area contributed by atoms with Crippen LogP contribution in [-0.4, -0.2) is 55.6 Å². The van der Waals surface area contributed by atoms with Crippen LogP contribution in [0.15, 0.2) is 9.41 Å². The van der Waals surface area contributed by atoms with Gasteiger partial charge in [0.1, 0.15) is 12.3 Å². The molecular formula is C15H28IN5O3S. The minimum atomic E-state index is -3.16. The van der Waals surface area contributed by atoms with E-state index >= 15 is 0 Å². The summed E-state index contributed by atoms with van der Waals surface area (Å²) in [6.45, 7) is 7.93. The summed E-state index contributed by atoms with van der Waals surface area (Å²) >= 11 is 0. The van der Waals surface area contributed by atoms with Crippen LogP contribution in [0, 0.1) is 13.8 Å². The van der Waals surface area contributed by atoms with E-state index in [1.807, 2.05) is 20.8 Å². The van der Waals surface area contributed by atoms with Gasteiger partial charge in [-0.05, 0) is 33.6 Å². The predicted molar refractivity (Wildman–Crippen MR) is 109 cm³/mol. The molecule has 0 amide bonds. The van der Waals surface area contributed by atoms with Gasteiger partial charge in [-0.1, -0.05) is 0 Å². The van der Waals surface area contributed by atoms with Crippen molar-refractivity contribution in [1.29, 1.82) is 0 Å². The maximum atomic E-state index is 11.8. The van der Waals surface area contributed by atoms with E-state index in [9.17, 15) is 8.42 Å². The van der Waals surface area contributed by atoms with E-state index in [1.54, 1.807) is 4.31 Å². The van der Waals surface area contributed by atoms with E-state index in [1.165, 1.54) is 6.26 Å². The summed E-state index contributed by atoms with van der Waals surface area (Å²) in [6.07, 6.45) is 3.01. The normalized spacial score (nSPS) is 18.9. The molecule has 1 aliphatic rings. The third kappa shape index (κ3) is 6.41. The topological polar surface area (TPSA) is 99.8 Å². The van der Waals surface area contributed by atoms with Crippen LogP contribution < -0.4 is 10.6 Å². The molecule has 144 valence electrons. The van der Waals surface area contributed by atoms with Crippen LogP contribution in [0.4, 0.5) is 0 Å². The monoisotopic (exact) mass is 485 g/mol. The van der Waals surface area contributed by atoms with Gasteiger partial charge in [0, 0.05) is 25.7 Å². The Balaban J connectivity index is 0.00000312. The average Bonchev–Trinajstić information content (AvgIpc) is 3.09. The summed E-state index contributed by atoms with van der Waals surface area (Å²) in [5, 5.41) is 6.37. The molecule has 2 N–H and O–H groups in total. The van der Waals surface area contributed by atoms with Crippen molar-refractivity contribution >= 4 is 40.0 Å². The van der Waals surface area contributed by atoms with Gasteiger partial charge < -0.3 is 15.1 Å². The molecule has 0 spiro atoms. The van der Waals surface area contributed by atoms with Crippen molar-refractivity contribution in [2.75, 3.05) is 25.9 Å². The van der Waals surface area contributed by atoms with Crippen LogP contribution in [0.5, 0.6) is 0 Å². The molecule has 0 bridgehead atoms. The molecule has 1 saturated heterocycles. The first-order valence-corrected chi connectivity index (χ1v) is 10.1. The molecule has 8 nitrogen and oxygen atoms in total. The van der Waals surface area contributed by atoms with Gasteiger partial charge in [0.05, 0.1) is 11.9 Å². The lowest BCUT2D eigenvalue weighted by Crippen LogP contribution is -2.46. The first-order chi connectivity index (χ1) is 11.3. The number of aryl methyl sites for hydroxylation is 2. The van der Waals surface area contributed by atoms with Gasteiger partial charge in [0.15, 0.2) is 5.96 Å². The van der Waals surface area contributed by atoms with Crippen LogP contribution in [-0.2, 0) is 16.6 Å². The molecule has 1 aliphatic heterocycles. The van der Waals surface area contributed by atoms with Crippen LogP contribution in [0.3, 0.4) is 0 Å². The summed E-state index contributed by atoms with van der Waals surface area (Å²) < 4.78 is 30.7. The summed E-state index contributed by atoms with van der Waals surface area (Å²) in [6, 6.07) is -0.0323. The van der Waals surface area contributed by atoms with E-state index in [2.05, 4.69) is 20.6 Å². The van der Waals surface area contributed by atoms with Crippen LogP contribution in [0.25, 0.3) is 0 Å². The Bertz CT molecular complexity index is 670. The molecule has 1 aromatic rings. The molecular weight excluding hydrogens is 457 g/mol. The molecule has 0 aromatic carbocycles. The van der Waals surface area contributed by atoms with Gasteiger partial charge in [-0.25, -0.2) is 18.4 Å². The maximum Gasteiger partial charge on any atom is 0.216 e. The van der Waals surface area contributed by atoms with Crippen molar-refractivity contribution < 1.29 is 12.8 Å². The average molecular weight is 485 g/mol. The van der Waals surface area contributed by atoms with E-state index in [0.29, 0.717) is 31.5 Å². The molecule has 1 aromatic heterocycles. The number of hydrogen-bond acceptors (Lipinski definition) is 5. The van der Waals surface area contributed by atoms with Crippen molar-refractivity contribution in [3.8, 4) is 0 Å². The zero-order valence-corrected chi connectivity index (χ0v) is 18.3. The van der Waals surface area contributed by atoms with Gasteiger partial charge in [0.2, 0.25) is 15.9 Å². The maximum absolute atomic E-state index is 11.8.